The van der Waals surface area contributed by atoms with Crippen LogP contribution in [0.15, 0.2) is 36.2 Å². The zero-order valence-corrected chi connectivity index (χ0v) is 7.25. The normalized spacial score (nSPS) is 19.2. The summed E-state index contributed by atoms with van der Waals surface area (Å²) < 4.78 is 0. The summed E-state index contributed by atoms with van der Waals surface area (Å²) in [6, 6.07) is 6.46. The quantitative estimate of drug-likeness (QED) is 0.541. The van der Waals surface area contributed by atoms with Gasteiger partial charge in [0.15, 0.2) is 0 Å². The number of hydrogen-bond acceptors (Lipinski definition) is 3. The molecule has 0 aromatic heterocycles. The first-order valence-electron chi connectivity index (χ1n) is 4.10. The molecule has 1 unspecified atom stereocenters. The van der Waals surface area contributed by atoms with Gasteiger partial charge in [0.05, 0.1) is 4.92 Å². The number of nitrogens with two attached hydrogens (primary N) is 1. The fraction of sp³-hybridized carbons (Fsp3) is 0.111. The van der Waals surface area contributed by atoms with E-state index in [0.717, 1.165) is 0 Å². The van der Waals surface area contributed by atoms with Gasteiger partial charge in [-0.2, -0.15) is 0 Å². The molecular formula is C9H8N3O2-. The van der Waals surface area contributed by atoms with E-state index < -0.39 is 11.0 Å². The number of nitro groups is 1. The summed E-state index contributed by atoms with van der Waals surface area (Å²) in [5, 5.41) is 14.5. The average Bonchev–Trinajstić information content (AvgIpc) is 2.18. The van der Waals surface area contributed by atoms with Crippen LogP contribution < -0.4 is 5.73 Å². The lowest BCUT2D eigenvalue weighted by Crippen LogP contribution is -2.20. The van der Waals surface area contributed by atoms with Gasteiger partial charge in [-0.1, -0.05) is 30.5 Å². The van der Waals surface area contributed by atoms with Gasteiger partial charge >= 0.3 is 0 Å². The van der Waals surface area contributed by atoms with Gasteiger partial charge in [-0.05, 0) is 5.56 Å². The van der Waals surface area contributed by atoms with E-state index in [1.54, 1.807) is 18.2 Å². The number of hydrogen-bond donors (Lipinski definition) is 1. The maximum Gasteiger partial charge on any atom is 0.245 e. The standard InChI is InChI=1S/C9H8N3O2/c10-9-6-3-1-2-4-7(6)11-5-8(9)12(13)14/h1-5,9H,10H2/q-1. The van der Waals surface area contributed by atoms with Gasteiger partial charge in [0.2, 0.25) is 5.70 Å². The Kier molecular flexibility index (Phi) is 1.94. The Morgan fingerprint density at radius 2 is 2.14 bits per heavy atom. The van der Waals surface area contributed by atoms with Crippen molar-refractivity contribution >= 4 is 5.69 Å². The molecule has 0 saturated heterocycles. The van der Waals surface area contributed by atoms with Crippen molar-refractivity contribution in [3.05, 3.63) is 57.2 Å². The van der Waals surface area contributed by atoms with Crippen molar-refractivity contribution in [1.82, 2.24) is 0 Å². The monoisotopic (exact) mass is 190 g/mol. The number of benzene rings is 1. The smallest absolute Gasteiger partial charge is 0.245 e. The molecule has 1 aliphatic rings. The molecule has 0 radical (unpaired) electrons. The summed E-state index contributed by atoms with van der Waals surface area (Å²) in [4.78, 5) is 10.1. The van der Waals surface area contributed by atoms with E-state index in [-0.39, 0.29) is 5.70 Å². The zero-order valence-electron chi connectivity index (χ0n) is 7.25. The van der Waals surface area contributed by atoms with Gasteiger partial charge in [-0.25, -0.2) is 0 Å². The van der Waals surface area contributed by atoms with Crippen LogP contribution in [0, 0.1) is 10.1 Å². The van der Waals surface area contributed by atoms with Crippen molar-refractivity contribution in [3.8, 4) is 0 Å². The molecule has 0 amide bonds. The first-order chi connectivity index (χ1) is 6.70. The number of fused-ring (bicyclic) bond motifs is 1. The van der Waals surface area contributed by atoms with Gasteiger partial charge in [0.1, 0.15) is 6.04 Å². The first-order valence-corrected chi connectivity index (χ1v) is 4.10. The van der Waals surface area contributed by atoms with Crippen LogP contribution in [0.3, 0.4) is 0 Å². The van der Waals surface area contributed by atoms with Crippen molar-refractivity contribution in [2.75, 3.05) is 0 Å². The zero-order chi connectivity index (χ0) is 10.1. The summed E-state index contributed by atoms with van der Waals surface area (Å²) in [5.74, 6) is 0. The van der Waals surface area contributed by atoms with E-state index in [4.69, 9.17) is 5.73 Å². The third-order valence-electron chi connectivity index (χ3n) is 2.14. The molecule has 5 nitrogen and oxygen atoms in total. The Balaban J connectivity index is 2.44. The van der Waals surface area contributed by atoms with Crippen LogP contribution in [-0.4, -0.2) is 4.92 Å². The molecule has 0 bridgehead atoms. The van der Waals surface area contributed by atoms with Crippen LogP contribution in [0.25, 0.3) is 5.32 Å². The SMILES string of the molecule is NC1C([N+](=O)[O-])=C[N-]c2ccccc21. The van der Waals surface area contributed by atoms with Crippen LogP contribution in [0.2, 0.25) is 0 Å². The van der Waals surface area contributed by atoms with E-state index in [9.17, 15) is 10.1 Å². The summed E-state index contributed by atoms with van der Waals surface area (Å²) >= 11 is 0. The molecule has 1 aromatic rings. The molecule has 72 valence electrons. The largest absolute Gasteiger partial charge is 0.659 e. The van der Waals surface area contributed by atoms with Gasteiger partial charge < -0.3 is 11.1 Å². The molecule has 2 rings (SSSR count). The number of rotatable bonds is 1. The molecule has 1 aromatic carbocycles. The van der Waals surface area contributed by atoms with Crippen molar-refractivity contribution in [2.24, 2.45) is 5.73 Å². The number of nitrogens with zero attached hydrogens (tertiary/aromatic N) is 2. The van der Waals surface area contributed by atoms with Gasteiger partial charge in [0.25, 0.3) is 0 Å². The molecule has 0 aliphatic carbocycles. The Labute approximate surface area is 80.4 Å². The highest BCUT2D eigenvalue weighted by molar-refractivity contribution is 5.63. The Bertz CT molecular complexity index is 414. The highest BCUT2D eigenvalue weighted by Crippen LogP contribution is 2.36. The highest BCUT2D eigenvalue weighted by Gasteiger charge is 2.23. The fourth-order valence-corrected chi connectivity index (χ4v) is 1.40. The Morgan fingerprint density at radius 1 is 1.43 bits per heavy atom. The summed E-state index contributed by atoms with van der Waals surface area (Å²) in [6.45, 7) is 0. The molecule has 5 heteroatoms. The van der Waals surface area contributed by atoms with Crippen LogP contribution in [0.1, 0.15) is 11.6 Å². The maximum atomic E-state index is 10.6. The van der Waals surface area contributed by atoms with E-state index in [1.807, 2.05) is 6.07 Å². The minimum absolute atomic E-state index is 0.0660. The third-order valence-corrected chi connectivity index (χ3v) is 2.14. The molecule has 14 heavy (non-hydrogen) atoms. The molecule has 2 N–H and O–H groups in total. The molecule has 0 fully saturated rings. The molecule has 1 aliphatic heterocycles. The van der Waals surface area contributed by atoms with E-state index in [1.165, 1.54) is 6.20 Å². The predicted octanol–water partition coefficient (Wildman–Crippen LogP) is 1.82. The van der Waals surface area contributed by atoms with E-state index in [0.29, 0.717) is 11.3 Å². The Morgan fingerprint density at radius 3 is 2.86 bits per heavy atom. The molecule has 1 heterocycles. The maximum absolute atomic E-state index is 10.6. The summed E-state index contributed by atoms with van der Waals surface area (Å²) in [5.41, 5.74) is 7.05. The van der Waals surface area contributed by atoms with Gasteiger partial charge in [-0.15, -0.1) is 5.69 Å². The van der Waals surface area contributed by atoms with Crippen LogP contribution in [0.4, 0.5) is 5.69 Å². The molecular weight excluding hydrogens is 182 g/mol. The van der Waals surface area contributed by atoms with Crippen molar-refractivity contribution in [3.63, 3.8) is 0 Å². The minimum Gasteiger partial charge on any atom is -0.659 e. The minimum atomic E-state index is -0.682. The average molecular weight is 190 g/mol. The predicted molar refractivity (Wildman–Crippen MR) is 51.5 cm³/mol. The van der Waals surface area contributed by atoms with Crippen molar-refractivity contribution < 1.29 is 4.92 Å². The summed E-state index contributed by atoms with van der Waals surface area (Å²) in [6.07, 6.45) is 1.22. The number of para-hydroxylation sites is 1. The van der Waals surface area contributed by atoms with Gasteiger partial charge in [-0.3, -0.25) is 10.1 Å². The topological polar surface area (TPSA) is 83.3 Å². The van der Waals surface area contributed by atoms with Gasteiger partial charge in [0, 0.05) is 0 Å². The van der Waals surface area contributed by atoms with Crippen LogP contribution in [-0.2, 0) is 0 Å². The van der Waals surface area contributed by atoms with E-state index in [2.05, 4.69) is 5.32 Å². The Hall–Kier alpha value is -1.88. The lowest BCUT2D eigenvalue weighted by Gasteiger charge is -2.28. The molecule has 0 spiro atoms. The van der Waals surface area contributed by atoms with E-state index >= 15 is 0 Å². The first kappa shape index (κ1) is 8.71. The second kappa shape index (κ2) is 3.12. The van der Waals surface area contributed by atoms with Crippen LogP contribution in [0.5, 0.6) is 0 Å². The fourth-order valence-electron chi connectivity index (χ4n) is 1.40. The second-order valence-corrected chi connectivity index (χ2v) is 2.98. The third kappa shape index (κ3) is 1.23. The lowest BCUT2D eigenvalue weighted by molar-refractivity contribution is -0.430. The van der Waals surface area contributed by atoms with Crippen molar-refractivity contribution in [1.29, 1.82) is 0 Å². The second-order valence-electron chi connectivity index (χ2n) is 2.98. The summed E-state index contributed by atoms with van der Waals surface area (Å²) in [7, 11) is 0. The highest BCUT2D eigenvalue weighted by atomic mass is 16.6. The lowest BCUT2D eigenvalue weighted by atomic mass is 10.0. The molecule has 1 atom stereocenters. The molecule has 0 saturated carbocycles. The van der Waals surface area contributed by atoms with Crippen LogP contribution >= 0.6 is 0 Å². The van der Waals surface area contributed by atoms with Crippen molar-refractivity contribution in [2.45, 2.75) is 6.04 Å².